The number of aromatic nitrogens is 4. The molecule has 0 N–H and O–H groups in total. The second-order valence-corrected chi connectivity index (χ2v) is 6.43. The fraction of sp³-hybridized carbons (Fsp3) is 0.588. The van der Waals surface area contributed by atoms with E-state index in [1.807, 2.05) is 24.9 Å². The predicted molar refractivity (Wildman–Crippen MR) is 90.4 cm³/mol. The van der Waals surface area contributed by atoms with Crippen molar-refractivity contribution in [3.8, 4) is 0 Å². The van der Waals surface area contributed by atoms with Crippen molar-refractivity contribution in [2.45, 2.75) is 52.7 Å². The molecule has 1 aliphatic rings. The Kier molecular flexibility index (Phi) is 5.37. The first-order valence-electron chi connectivity index (χ1n) is 8.63. The Morgan fingerprint density at radius 1 is 1.40 bits per heavy atom. The summed E-state index contributed by atoms with van der Waals surface area (Å²) in [7, 11) is 0. The van der Waals surface area contributed by atoms with Crippen LogP contribution in [0.25, 0.3) is 0 Å². The van der Waals surface area contributed by atoms with Gasteiger partial charge in [0.05, 0.1) is 17.9 Å². The standard InChI is InChI=1S/C17H24N6O2/c1-4-17-20-16(21-25-17)11-23(13(3)24)15-5-6-22(10-15)9-14-8-18-12(2)7-19-14/h7-8,15H,4-6,9-11H2,1-3H3. The molecule has 1 aliphatic heterocycles. The van der Waals surface area contributed by atoms with E-state index in [1.165, 1.54) is 0 Å². The largest absolute Gasteiger partial charge is 0.339 e. The summed E-state index contributed by atoms with van der Waals surface area (Å²) in [6.45, 7) is 8.36. The molecule has 1 fully saturated rings. The Hall–Kier alpha value is -2.35. The molecule has 0 bridgehead atoms. The zero-order valence-corrected chi connectivity index (χ0v) is 15.0. The molecule has 0 radical (unpaired) electrons. The minimum atomic E-state index is 0.0322. The average molecular weight is 344 g/mol. The molecule has 134 valence electrons. The van der Waals surface area contributed by atoms with Crippen LogP contribution in [-0.4, -0.2) is 54.9 Å². The maximum absolute atomic E-state index is 12.1. The molecule has 0 aliphatic carbocycles. The molecule has 3 rings (SSSR count). The molecule has 0 spiro atoms. The van der Waals surface area contributed by atoms with Crippen LogP contribution in [0.2, 0.25) is 0 Å². The van der Waals surface area contributed by atoms with Crippen LogP contribution in [0.1, 0.15) is 43.4 Å². The first kappa shape index (κ1) is 17.5. The van der Waals surface area contributed by atoms with Gasteiger partial charge in [-0.3, -0.25) is 19.7 Å². The summed E-state index contributed by atoms with van der Waals surface area (Å²) in [5.74, 6) is 1.20. The summed E-state index contributed by atoms with van der Waals surface area (Å²) in [5, 5.41) is 3.96. The summed E-state index contributed by atoms with van der Waals surface area (Å²) in [4.78, 5) is 29.3. The Morgan fingerprint density at radius 3 is 2.88 bits per heavy atom. The first-order chi connectivity index (χ1) is 12.0. The highest BCUT2D eigenvalue weighted by Gasteiger charge is 2.30. The monoisotopic (exact) mass is 344 g/mol. The molecule has 1 saturated heterocycles. The molecule has 1 unspecified atom stereocenters. The topological polar surface area (TPSA) is 88.3 Å². The molecule has 3 heterocycles. The molecule has 2 aromatic rings. The van der Waals surface area contributed by atoms with Gasteiger partial charge in [0.1, 0.15) is 0 Å². The molecule has 0 saturated carbocycles. The van der Waals surface area contributed by atoms with Gasteiger partial charge in [-0.2, -0.15) is 4.98 Å². The van der Waals surface area contributed by atoms with Gasteiger partial charge in [-0.15, -0.1) is 0 Å². The molecule has 0 aromatic carbocycles. The normalized spacial score (nSPS) is 17.8. The van der Waals surface area contributed by atoms with Crippen LogP contribution in [0.15, 0.2) is 16.9 Å². The lowest BCUT2D eigenvalue weighted by molar-refractivity contribution is -0.131. The Balaban J connectivity index is 1.61. The SMILES string of the molecule is CCc1nc(CN(C(C)=O)C2CCN(Cc3cnc(C)cn3)C2)no1. The van der Waals surface area contributed by atoms with E-state index in [4.69, 9.17) is 4.52 Å². The van der Waals surface area contributed by atoms with E-state index in [1.54, 1.807) is 13.1 Å². The molecular weight excluding hydrogens is 320 g/mol. The van der Waals surface area contributed by atoms with Crippen molar-refractivity contribution in [1.29, 1.82) is 0 Å². The van der Waals surface area contributed by atoms with E-state index >= 15 is 0 Å². The zero-order valence-electron chi connectivity index (χ0n) is 15.0. The molecule has 2 aromatic heterocycles. The van der Waals surface area contributed by atoms with Gasteiger partial charge >= 0.3 is 0 Å². The number of carbonyl (C=O) groups excluding carboxylic acids is 1. The number of likely N-dealkylation sites (tertiary alicyclic amines) is 1. The molecular formula is C17H24N6O2. The van der Waals surface area contributed by atoms with Crippen LogP contribution in [0.5, 0.6) is 0 Å². The van der Waals surface area contributed by atoms with Crippen molar-refractivity contribution in [2.75, 3.05) is 13.1 Å². The van der Waals surface area contributed by atoms with E-state index in [0.29, 0.717) is 24.7 Å². The summed E-state index contributed by atoms with van der Waals surface area (Å²) in [6.07, 6.45) is 5.22. The Morgan fingerprint density at radius 2 is 2.24 bits per heavy atom. The third-order valence-electron chi connectivity index (χ3n) is 4.44. The maximum atomic E-state index is 12.1. The van der Waals surface area contributed by atoms with Crippen molar-refractivity contribution in [2.24, 2.45) is 0 Å². The van der Waals surface area contributed by atoms with E-state index in [9.17, 15) is 4.79 Å². The van der Waals surface area contributed by atoms with Gasteiger partial charge in [-0.05, 0) is 13.3 Å². The van der Waals surface area contributed by atoms with Crippen molar-refractivity contribution in [1.82, 2.24) is 29.9 Å². The molecule has 8 heteroatoms. The quantitative estimate of drug-likeness (QED) is 0.781. The van der Waals surface area contributed by atoms with Gasteiger partial charge in [0.2, 0.25) is 11.8 Å². The number of rotatable bonds is 6. The zero-order chi connectivity index (χ0) is 17.8. The van der Waals surface area contributed by atoms with Crippen LogP contribution >= 0.6 is 0 Å². The van der Waals surface area contributed by atoms with E-state index < -0.39 is 0 Å². The number of amides is 1. The third-order valence-corrected chi connectivity index (χ3v) is 4.44. The summed E-state index contributed by atoms with van der Waals surface area (Å²) in [6, 6.07) is 0.152. The lowest BCUT2D eigenvalue weighted by Crippen LogP contribution is -2.40. The van der Waals surface area contributed by atoms with Gasteiger partial charge in [0.15, 0.2) is 5.82 Å². The highest BCUT2D eigenvalue weighted by Crippen LogP contribution is 2.19. The highest BCUT2D eigenvalue weighted by atomic mass is 16.5. The lowest BCUT2D eigenvalue weighted by atomic mass is 10.2. The second kappa shape index (κ2) is 7.69. The Labute approximate surface area is 147 Å². The van der Waals surface area contributed by atoms with Gasteiger partial charge < -0.3 is 9.42 Å². The fourth-order valence-electron chi connectivity index (χ4n) is 3.09. The number of carbonyl (C=O) groups is 1. The van der Waals surface area contributed by atoms with E-state index in [0.717, 1.165) is 37.4 Å². The van der Waals surface area contributed by atoms with Crippen molar-refractivity contribution >= 4 is 5.91 Å². The van der Waals surface area contributed by atoms with Crippen LogP contribution in [-0.2, 0) is 24.3 Å². The van der Waals surface area contributed by atoms with Gasteiger partial charge in [-0.25, -0.2) is 0 Å². The fourth-order valence-corrected chi connectivity index (χ4v) is 3.09. The first-order valence-corrected chi connectivity index (χ1v) is 8.63. The van der Waals surface area contributed by atoms with Crippen LogP contribution < -0.4 is 0 Å². The van der Waals surface area contributed by atoms with Crippen molar-refractivity contribution in [3.05, 3.63) is 35.5 Å². The second-order valence-electron chi connectivity index (χ2n) is 6.43. The smallest absolute Gasteiger partial charge is 0.226 e. The van der Waals surface area contributed by atoms with Crippen molar-refractivity contribution in [3.63, 3.8) is 0 Å². The van der Waals surface area contributed by atoms with Crippen LogP contribution in [0.3, 0.4) is 0 Å². The van der Waals surface area contributed by atoms with Crippen molar-refractivity contribution < 1.29 is 9.32 Å². The molecule has 1 amide bonds. The maximum Gasteiger partial charge on any atom is 0.226 e. The number of hydrogen-bond donors (Lipinski definition) is 0. The van der Waals surface area contributed by atoms with Crippen LogP contribution in [0, 0.1) is 6.92 Å². The van der Waals surface area contributed by atoms with Gasteiger partial charge in [-0.1, -0.05) is 12.1 Å². The average Bonchev–Trinajstić information content (AvgIpc) is 3.23. The Bertz CT molecular complexity index is 714. The molecule has 25 heavy (non-hydrogen) atoms. The predicted octanol–water partition coefficient (Wildman–Crippen LogP) is 1.35. The third kappa shape index (κ3) is 4.39. The van der Waals surface area contributed by atoms with E-state index in [-0.39, 0.29) is 11.9 Å². The van der Waals surface area contributed by atoms with Gasteiger partial charge in [0.25, 0.3) is 0 Å². The molecule has 1 atom stereocenters. The molecule has 8 nitrogen and oxygen atoms in total. The lowest BCUT2D eigenvalue weighted by Gasteiger charge is -2.27. The number of aryl methyl sites for hydroxylation is 2. The van der Waals surface area contributed by atoms with Gasteiger partial charge in [0, 0.05) is 51.4 Å². The summed E-state index contributed by atoms with van der Waals surface area (Å²) in [5.41, 5.74) is 1.86. The minimum Gasteiger partial charge on any atom is -0.339 e. The minimum absolute atomic E-state index is 0.0322. The van der Waals surface area contributed by atoms with Crippen LogP contribution in [0.4, 0.5) is 0 Å². The highest BCUT2D eigenvalue weighted by molar-refractivity contribution is 5.73. The number of nitrogens with zero attached hydrogens (tertiary/aromatic N) is 6. The summed E-state index contributed by atoms with van der Waals surface area (Å²) >= 11 is 0. The summed E-state index contributed by atoms with van der Waals surface area (Å²) < 4.78 is 5.14. The van der Waals surface area contributed by atoms with E-state index in [2.05, 4.69) is 25.0 Å². The number of hydrogen-bond acceptors (Lipinski definition) is 7.